The van der Waals surface area contributed by atoms with Gasteiger partial charge in [0.05, 0.1) is 17.1 Å². The molecule has 4 aliphatic rings. The molecule has 4 heterocycles. The number of benzene rings is 10. The molecule has 1 aromatic heterocycles. The molecule has 11 aromatic rings. The summed E-state index contributed by atoms with van der Waals surface area (Å²) in [6.07, 6.45) is 4.82. The van der Waals surface area contributed by atoms with E-state index in [0.29, 0.717) is 0 Å². The standard InChI is InChI=1S/C83H81BN4S/c1-79(2,3)58-34-39-61(40-35-58)86(69-45-38-60(81(7,8)9)50-64(69)55-27-18-14-19-28-55)63-43-44-68-74(51-63)88(72-53-73-67(52-65(72)56-29-20-15-21-30-56)82(10)47-22-23-48-83(82,11)85(73)12)71-32-24-31-70-76(71)84(68)78-77(87(70)62-41-36-59(37-42-62)80(4,5)6)66-49-57(33-46-75(66)89-78)54-25-16-13-17-26-54/h13-21,24-46,49-53H,22-23,47-48H2,1-12H3. The molecule has 89 heavy (non-hydrogen) atoms. The van der Waals surface area contributed by atoms with Gasteiger partial charge < -0.3 is 19.6 Å². The molecule has 10 aromatic carbocycles. The molecule has 1 saturated carbocycles. The van der Waals surface area contributed by atoms with Crippen molar-refractivity contribution >= 4 is 101 Å². The Hall–Kier alpha value is -8.58. The van der Waals surface area contributed by atoms with Gasteiger partial charge in [0, 0.05) is 83.8 Å². The molecule has 442 valence electrons. The van der Waals surface area contributed by atoms with Gasteiger partial charge >= 0.3 is 0 Å². The molecular weight excluding hydrogens is 1100 g/mol. The zero-order valence-corrected chi connectivity index (χ0v) is 54.8. The molecule has 2 unspecified atom stereocenters. The van der Waals surface area contributed by atoms with Crippen LogP contribution in [0.4, 0.5) is 56.9 Å². The first-order valence-corrected chi connectivity index (χ1v) is 33.2. The van der Waals surface area contributed by atoms with E-state index in [1.165, 1.54) is 141 Å². The van der Waals surface area contributed by atoms with Crippen molar-refractivity contribution in [3.8, 4) is 33.4 Å². The van der Waals surface area contributed by atoms with E-state index in [1.807, 2.05) is 11.3 Å². The Kier molecular flexibility index (Phi) is 13.3. The van der Waals surface area contributed by atoms with Crippen molar-refractivity contribution in [2.45, 2.75) is 129 Å². The van der Waals surface area contributed by atoms with Gasteiger partial charge in [-0.2, -0.15) is 0 Å². The Morgan fingerprint density at radius 1 is 0.449 bits per heavy atom. The molecular formula is C83H81BN4S. The third kappa shape index (κ3) is 9.12. The van der Waals surface area contributed by atoms with Crippen molar-refractivity contribution in [1.82, 2.24) is 0 Å². The largest absolute Gasteiger partial charge is 0.368 e. The first-order chi connectivity index (χ1) is 42.7. The zero-order chi connectivity index (χ0) is 61.5. The second-order valence-electron chi connectivity index (χ2n) is 29.4. The van der Waals surface area contributed by atoms with Crippen LogP contribution in [0, 0.1) is 0 Å². The van der Waals surface area contributed by atoms with Gasteiger partial charge in [0.15, 0.2) is 0 Å². The summed E-state index contributed by atoms with van der Waals surface area (Å²) in [5, 5.41) is 1.27. The normalized spacial score (nSPS) is 17.7. The van der Waals surface area contributed by atoms with Gasteiger partial charge in [-0.3, -0.25) is 0 Å². The second kappa shape index (κ2) is 20.8. The molecule has 1 aliphatic carbocycles. The molecule has 0 bridgehead atoms. The molecule has 0 radical (unpaired) electrons. The number of hydrogen-bond donors (Lipinski definition) is 0. The van der Waals surface area contributed by atoms with E-state index in [9.17, 15) is 0 Å². The maximum atomic E-state index is 2.70. The maximum Gasteiger partial charge on any atom is 0.264 e. The first-order valence-electron chi connectivity index (χ1n) is 32.4. The van der Waals surface area contributed by atoms with Crippen molar-refractivity contribution in [3.63, 3.8) is 0 Å². The molecule has 4 nitrogen and oxygen atoms in total. The van der Waals surface area contributed by atoms with Crippen LogP contribution in [0.15, 0.2) is 224 Å². The lowest BCUT2D eigenvalue weighted by Gasteiger charge is -2.49. The van der Waals surface area contributed by atoms with Crippen LogP contribution in [-0.4, -0.2) is 19.3 Å². The van der Waals surface area contributed by atoms with Gasteiger partial charge in [-0.25, -0.2) is 0 Å². The summed E-state index contributed by atoms with van der Waals surface area (Å²) in [6, 6.07) is 86.4. The topological polar surface area (TPSA) is 13.0 Å². The fraction of sp³-hybridized carbons (Fsp3) is 0.253. The van der Waals surface area contributed by atoms with E-state index in [1.54, 1.807) is 0 Å². The number of likely N-dealkylation sites (N-methyl/N-ethyl adjacent to an activating group) is 1. The van der Waals surface area contributed by atoms with Crippen molar-refractivity contribution in [2.75, 3.05) is 26.6 Å². The first kappa shape index (κ1) is 56.9. The van der Waals surface area contributed by atoms with E-state index in [-0.39, 0.29) is 33.9 Å². The molecule has 15 rings (SSSR count). The van der Waals surface area contributed by atoms with Gasteiger partial charge in [0.1, 0.15) is 0 Å². The van der Waals surface area contributed by atoms with Crippen LogP contribution in [-0.2, 0) is 21.7 Å². The second-order valence-corrected chi connectivity index (χ2v) is 30.4. The van der Waals surface area contributed by atoms with Gasteiger partial charge in [-0.05, 0) is 176 Å². The van der Waals surface area contributed by atoms with Crippen molar-refractivity contribution in [2.24, 2.45) is 0 Å². The number of hydrogen-bond acceptors (Lipinski definition) is 5. The highest BCUT2D eigenvalue weighted by Gasteiger charge is 2.57. The SMILES string of the molecule is CN1c2cc(N3c4cc(N(c5ccc(C(C)(C)C)cc5)c5ccc(C(C)(C)C)cc5-c5ccccc5)ccc4B4c5sc6ccc(-c7ccccc7)cc6c5N(c5ccc(C(C)(C)C)cc5)c5cccc3c54)c(-c3ccccc3)cc2C2(C)CCCCC12C. The van der Waals surface area contributed by atoms with E-state index in [2.05, 4.69) is 327 Å². The monoisotopic (exact) mass is 1180 g/mol. The van der Waals surface area contributed by atoms with Crippen LogP contribution in [0.25, 0.3) is 43.5 Å². The van der Waals surface area contributed by atoms with E-state index in [4.69, 9.17) is 0 Å². The number of nitrogens with zero attached hydrogens (tertiary/aromatic N) is 4. The van der Waals surface area contributed by atoms with Crippen LogP contribution in [0.5, 0.6) is 0 Å². The molecule has 2 atom stereocenters. The summed E-state index contributed by atoms with van der Waals surface area (Å²) < 4.78 is 2.65. The average Bonchev–Trinajstić information content (AvgIpc) is 1.69. The van der Waals surface area contributed by atoms with E-state index < -0.39 is 0 Å². The summed E-state index contributed by atoms with van der Waals surface area (Å²) in [6.45, 7) is 25.9. The van der Waals surface area contributed by atoms with Crippen LogP contribution in [0.2, 0.25) is 0 Å². The molecule has 0 amide bonds. The molecule has 6 heteroatoms. The predicted molar refractivity (Wildman–Crippen MR) is 386 cm³/mol. The van der Waals surface area contributed by atoms with Crippen molar-refractivity contribution in [3.05, 3.63) is 247 Å². The molecule has 1 fully saturated rings. The summed E-state index contributed by atoms with van der Waals surface area (Å²) in [5.74, 6) is 0. The Morgan fingerprint density at radius 2 is 1.02 bits per heavy atom. The number of fused-ring (bicyclic) bond motifs is 9. The Morgan fingerprint density at radius 3 is 1.66 bits per heavy atom. The van der Waals surface area contributed by atoms with Crippen molar-refractivity contribution in [1.29, 1.82) is 0 Å². The van der Waals surface area contributed by atoms with Crippen LogP contribution in [0.3, 0.4) is 0 Å². The lowest BCUT2D eigenvalue weighted by molar-refractivity contribution is 0.189. The van der Waals surface area contributed by atoms with Gasteiger partial charge in [-0.1, -0.05) is 222 Å². The van der Waals surface area contributed by atoms with Crippen molar-refractivity contribution < 1.29 is 0 Å². The minimum atomic E-state index is -0.0809. The Bertz CT molecular complexity index is 4550. The third-order valence-electron chi connectivity index (χ3n) is 21.0. The fourth-order valence-corrected chi connectivity index (χ4v) is 16.9. The highest BCUT2D eigenvalue weighted by Crippen LogP contribution is 2.61. The highest BCUT2D eigenvalue weighted by molar-refractivity contribution is 7.33. The summed E-state index contributed by atoms with van der Waals surface area (Å²) in [5.41, 5.74) is 27.1. The minimum absolute atomic E-state index is 0.00276. The predicted octanol–water partition coefficient (Wildman–Crippen LogP) is 21.4. The number of anilines is 10. The average molecular weight is 1180 g/mol. The highest BCUT2D eigenvalue weighted by atomic mass is 32.1. The molecule has 0 spiro atoms. The van der Waals surface area contributed by atoms with Crippen LogP contribution < -0.4 is 35.3 Å². The maximum absolute atomic E-state index is 2.70. The summed E-state index contributed by atoms with van der Waals surface area (Å²) in [4.78, 5) is 10.5. The van der Waals surface area contributed by atoms with E-state index >= 15 is 0 Å². The third-order valence-corrected chi connectivity index (χ3v) is 22.2. The number of rotatable bonds is 8. The van der Waals surface area contributed by atoms with Crippen LogP contribution in [0.1, 0.15) is 124 Å². The zero-order valence-electron chi connectivity index (χ0n) is 54.0. The lowest BCUT2D eigenvalue weighted by Crippen LogP contribution is -2.60. The van der Waals surface area contributed by atoms with Gasteiger partial charge in [0.2, 0.25) is 0 Å². The van der Waals surface area contributed by atoms with Gasteiger partial charge in [0.25, 0.3) is 6.71 Å². The van der Waals surface area contributed by atoms with Gasteiger partial charge in [-0.15, -0.1) is 11.3 Å². The van der Waals surface area contributed by atoms with Crippen LogP contribution >= 0.6 is 11.3 Å². The lowest BCUT2D eigenvalue weighted by atomic mass is 9.36. The molecule has 0 saturated heterocycles. The fourth-order valence-electron chi connectivity index (χ4n) is 15.6. The summed E-state index contributed by atoms with van der Waals surface area (Å²) >= 11 is 1.97. The quantitative estimate of drug-likeness (QED) is 0.141. The Balaban J connectivity index is 1.05. The van der Waals surface area contributed by atoms with E-state index in [0.717, 1.165) is 22.7 Å². The minimum Gasteiger partial charge on any atom is -0.368 e. The molecule has 0 N–H and O–H groups in total. The Labute approximate surface area is 533 Å². The summed E-state index contributed by atoms with van der Waals surface area (Å²) in [7, 11) is 2.39. The molecule has 3 aliphatic heterocycles. The number of thiophene rings is 1. The smallest absolute Gasteiger partial charge is 0.264 e.